The van der Waals surface area contributed by atoms with Crippen LogP contribution in [0.2, 0.25) is 5.02 Å². The zero-order valence-corrected chi connectivity index (χ0v) is 13.8. The molecule has 0 aromatic heterocycles. The van der Waals surface area contributed by atoms with Crippen LogP contribution in [0.15, 0.2) is 57.9 Å². The fourth-order valence-electron chi connectivity index (χ4n) is 1.85. The molecule has 2 aromatic rings. The van der Waals surface area contributed by atoms with Gasteiger partial charge in [0.15, 0.2) is 0 Å². The third kappa shape index (κ3) is 3.41. The second kappa shape index (κ2) is 6.26. The van der Waals surface area contributed by atoms with Crippen LogP contribution in [-0.4, -0.2) is 8.42 Å². The van der Waals surface area contributed by atoms with Crippen LogP contribution in [0.5, 0.6) is 0 Å². The van der Waals surface area contributed by atoms with E-state index in [2.05, 4.69) is 20.7 Å². The van der Waals surface area contributed by atoms with Crippen molar-refractivity contribution in [3.63, 3.8) is 0 Å². The Morgan fingerprint density at radius 3 is 2.35 bits per heavy atom. The van der Waals surface area contributed by atoms with Gasteiger partial charge in [0.2, 0.25) is 10.0 Å². The van der Waals surface area contributed by atoms with Crippen LogP contribution in [0.4, 0.5) is 0 Å². The van der Waals surface area contributed by atoms with Gasteiger partial charge in [-0.05, 0) is 46.6 Å². The standard InChI is InChI=1S/C14H13BrClNO2S/c1-10(11-6-2-4-8-13(11)16)17-20(18,19)14-9-5-3-7-12(14)15/h2-10,17H,1H3/t10-/m0/s1. The van der Waals surface area contributed by atoms with Gasteiger partial charge in [-0.3, -0.25) is 0 Å². The number of sulfonamides is 1. The fraction of sp³-hybridized carbons (Fsp3) is 0.143. The summed E-state index contributed by atoms with van der Waals surface area (Å²) in [5.41, 5.74) is 0.741. The van der Waals surface area contributed by atoms with Crippen molar-refractivity contribution in [3.05, 3.63) is 63.6 Å². The third-order valence-electron chi connectivity index (χ3n) is 2.83. The van der Waals surface area contributed by atoms with Crippen molar-refractivity contribution < 1.29 is 8.42 Å². The molecule has 0 aliphatic rings. The Bertz CT molecular complexity index is 719. The van der Waals surface area contributed by atoms with Gasteiger partial charge in [0.1, 0.15) is 0 Å². The molecule has 0 amide bonds. The molecule has 1 N–H and O–H groups in total. The Balaban J connectivity index is 2.30. The van der Waals surface area contributed by atoms with Gasteiger partial charge in [-0.25, -0.2) is 13.1 Å². The van der Waals surface area contributed by atoms with Crippen LogP contribution >= 0.6 is 27.5 Å². The average molecular weight is 375 g/mol. The highest BCUT2D eigenvalue weighted by molar-refractivity contribution is 9.10. The van der Waals surface area contributed by atoms with Gasteiger partial charge in [0.25, 0.3) is 0 Å². The van der Waals surface area contributed by atoms with Crippen LogP contribution in [-0.2, 0) is 10.0 Å². The molecular weight excluding hydrogens is 362 g/mol. The molecule has 2 rings (SSSR count). The van der Waals surface area contributed by atoms with Crippen molar-refractivity contribution in [2.75, 3.05) is 0 Å². The highest BCUT2D eigenvalue weighted by atomic mass is 79.9. The average Bonchev–Trinajstić information content (AvgIpc) is 2.38. The van der Waals surface area contributed by atoms with Gasteiger partial charge in [0, 0.05) is 15.5 Å². The summed E-state index contributed by atoms with van der Waals surface area (Å²) in [6.07, 6.45) is 0. The SMILES string of the molecule is C[C@H](NS(=O)(=O)c1ccccc1Br)c1ccccc1Cl. The van der Waals surface area contributed by atoms with Gasteiger partial charge >= 0.3 is 0 Å². The lowest BCUT2D eigenvalue weighted by molar-refractivity contribution is 0.566. The number of nitrogens with one attached hydrogen (secondary N) is 1. The first-order valence-corrected chi connectivity index (χ1v) is 8.58. The molecule has 6 heteroatoms. The molecule has 1 atom stereocenters. The number of halogens is 2. The van der Waals surface area contributed by atoms with Gasteiger partial charge in [-0.1, -0.05) is 41.9 Å². The number of hydrogen-bond donors (Lipinski definition) is 1. The Kier molecular flexibility index (Phi) is 4.86. The molecule has 0 heterocycles. The summed E-state index contributed by atoms with van der Waals surface area (Å²) in [5.74, 6) is 0. The second-order valence-electron chi connectivity index (χ2n) is 4.29. The highest BCUT2D eigenvalue weighted by Gasteiger charge is 2.21. The predicted molar refractivity (Wildman–Crippen MR) is 84.3 cm³/mol. The molecule has 0 saturated carbocycles. The normalized spacial score (nSPS) is 13.2. The minimum Gasteiger partial charge on any atom is -0.207 e. The Labute approximate surface area is 132 Å². The van der Waals surface area contributed by atoms with Crippen molar-refractivity contribution in [1.29, 1.82) is 0 Å². The maximum absolute atomic E-state index is 12.4. The molecule has 20 heavy (non-hydrogen) atoms. The van der Waals surface area contributed by atoms with Gasteiger partial charge in [0.05, 0.1) is 4.90 Å². The molecule has 0 radical (unpaired) electrons. The van der Waals surface area contributed by atoms with E-state index in [0.717, 1.165) is 5.56 Å². The first-order chi connectivity index (χ1) is 9.42. The smallest absolute Gasteiger partial charge is 0.207 e. The lowest BCUT2D eigenvalue weighted by Crippen LogP contribution is -2.27. The quantitative estimate of drug-likeness (QED) is 0.874. The van der Waals surface area contributed by atoms with E-state index < -0.39 is 16.1 Å². The van der Waals surface area contributed by atoms with E-state index in [1.54, 1.807) is 49.4 Å². The largest absolute Gasteiger partial charge is 0.242 e. The summed E-state index contributed by atoms with van der Waals surface area (Å²) in [6.45, 7) is 1.76. The predicted octanol–water partition coefficient (Wildman–Crippen LogP) is 4.14. The molecule has 106 valence electrons. The van der Waals surface area contributed by atoms with Crippen molar-refractivity contribution in [2.45, 2.75) is 17.9 Å². The van der Waals surface area contributed by atoms with E-state index in [1.807, 2.05) is 6.07 Å². The summed E-state index contributed by atoms with van der Waals surface area (Å²) in [7, 11) is -3.61. The summed E-state index contributed by atoms with van der Waals surface area (Å²) in [5, 5.41) is 0.537. The van der Waals surface area contributed by atoms with Crippen LogP contribution in [0, 0.1) is 0 Å². The Morgan fingerprint density at radius 1 is 1.10 bits per heavy atom. The highest BCUT2D eigenvalue weighted by Crippen LogP contribution is 2.26. The summed E-state index contributed by atoms with van der Waals surface area (Å²) in [4.78, 5) is 0.207. The molecule has 3 nitrogen and oxygen atoms in total. The van der Waals surface area contributed by atoms with E-state index >= 15 is 0 Å². The van der Waals surface area contributed by atoms with E-state index in [9.17, 15) is 8.42 Å². The van der Waals surface area contributed by atoms with E-state index in [1.165, 1.54) is 0 Å². The maximum Gasteiger partial charge on any atom is 0.242 e. The Hall–Kier alpha value is -0.880. The lowest BCUT2D eigenvalue weighted by Gasteiger charge is -2.16. The second-order valence-corrected chi connectivity index (χ2v) is 7.24. The number of hydrogen-bond acceptors (Lipinski definition) is 2. The number of rotatable bonds is 4. The first kappa shape index (κ1) is 15.5. The van der Waals surface area contributed by atoms with Gasteiger partial charge < -0.3 is 0 Å². The van der Waals surface area contributed by atoms with Crippen LogP contribution < -0.4 is 4.72 Å². The van der Waals surface area contributed by atoms with Crippen molar-refractivity contribution in [3.8, 4) is 0 Å². The molecular formula is C14H13BrClNO2S. The summed E-state index contributed by atoms with van der Waals surface area (Å²) in [6, 6.07) is 13.4. The lowest BCUT2D eigenvalue weighted by atomic mass is 10.1. The maximum atomic E-state index is 12.4. The first-order valence-electron chi connectivity index (χ1n) is 5.93. The monoisotopic (exact) mass is 373 g/mol. The van der Waals surface area contributed by atoms with Crippen LogP contribution in [0.25, 0.3) is 0 Å². The minimum atomic E-state index is -3.61. The van der Waals surface area contributed by atoms with Crippen molar-refractivity contribution in [1.82, 2.24) is 4.72 Å². The van der Waals surface area contributed by atoms with Gasteiger partial charge in [-0.15, -0.1) is 0 Å². The van der Waals surface area contributed by atoms with Crippen LogP contribution in [0.1, 0.15) is 18.5 Å². The zero-order valence-electron chi connectivity index (χ0n) is 10.7. The molecule has 0 unspecified atom stereocenters. The minimum absolute atomic E-state index is 0.207. The molecule has 0 fully saturated rings. The zero-order chi connectivity index (χ0) is 14.8. The molecule has 0 spiro atoms. The summed E-state index contributed by atoms with van der Waals surface area (Å²) < 4.78 is 27.9. The fourth-order valence-corrected chi connectivity index (χ4v) is 4.37. The van der Waals surface area contributed by atoms with E-state index in [-0.39, 0.29) is 4.90 Å². The van der Waals surface area contributed by atoms with Crippen molar-refractivity contribution >= 4 is 37.6 Å². The topological polar surface area (TPSA) is 46.2 Å². The molecule has 2 aromatic carbocycles. The third-order valence-corrected chi connectivity index (χ3v) is 5.73. The Morgan fingerprint density at radius 2 is 1.70 bits per heavy atom. The summed E-state index contributed by atoms with van der Waals surface area (Å²) >= 11 is 9.33. The van der Waals surface area contributed by atoms with E-state index in [0.29, 0.717) is 9.50 Å². The van der Waals surface area contributed by atoms with Gasteiger partial charge in [-0.2, -0.15) is 0 Å². The van der Waals surface area contributed by atoms with Crippen molar-refractivity contribution in [2.24, 2.45) is 0 Å². The molecule has 0 saturated heterocycles. The number of benzene rings is 2. The molecule has 0 aliphatic heterocycles. The molecule has 0 aliphatic carbocycles. The molecule has 0 bridgehead atoms. The van der Waals surface area contributed by atoms with Crippen LogP contribution in [0.3, 0.4) is 0 Å². The van der Waals surface area contributed by atoms with E-state index in [4.69, 9.17) is 11.6 Å².